The van der Waals surface area contributed by atoms with Gasteiger partial charge in [-0.1, -0.05) is 43.2 Å². The molecule has 26 heavy (non-hydrogen) atoms. The molecule has 0 radical (unpaired) electrons. The molecule has 0 spiro atoms. The lowest BCUT2D eigenvalue weighted by atomic mass is 10.2. The Labute approximate surface area is 167 Å². The van der Waals surface area contributed by atoms with E-state index in [1.165, 1.54) is 31.2 Å². The lowest BCUT2D eigenvalue weighted by Crippen LogP contribution is -2.43. The van der Waals surface area contributed by atoms with Crippen LogP contribution in [0.25, 0.3) is 0 Å². The summed E-state index contributed by atoms with van der Waals surface area (Å²) in [6.07, 6.45) is 6.07. The van der Waals surface area contributed by atoms with Gasteiger partial charge in [-0.15, -0.1) is 12.4 Å². The van der Waals surface area contributed by atoms with Gasteiger partial charge < -0.3 is 23.9 Å². The van der Waals surface area contributed by atoms with E-state index >= 15 is 0 Å². The molecule has 0 saturated heterocycles. The molecule has 0 bridgehead atoms. The standard InChI is InChI=1S/C19H36N2O3Si.ClH/c1-22-25(23-2,24-3)17-11-16-20-14-9-4-5-10-15-21-18-19-12-7-6-8-13-19;/h6-8,12-13,20-21H,4-5,9-11,14-18H2,1-3H3;1H. The van der Waals surface area contributed by atoms with Crippen molar-refractivity contribution >= 4 is 21.2 Å². The highest BCUT2D eigenvalue weighted by Gasteiger charge is 2.36. The maximum absolute atomic E-state index is 5.42. The van der Waals surface area contributed by atoms with E-state index in [4.69, 9.17) is 13.3 Å². The summed E-state index contributed by atoms with van der Waals surface area (Å²) in [6.45, 7) is 4.14. The Kier molecular flexibility index (Phi) is 16.4. The highest BCUT2D eigenvalue weighted by atomic mass is 35.5. The zero-order valence-corrected chi connectivity index (χ0v) is 18.4. The Balaban J connectivity index is 0.00000625. The minimum atomic E-state index is -2.38. The fourth-order valence-electron chi connectivity index (χ4n) is 2.79. The zero-order valence-electron chi connectivity index (χ0n) is 16.6. The average Bonchev–Trinajstić information content (AvgIpc) is 2.67. The molecule has 0 aliphatic carbocycles. The maximum atomic E-state index is 5.42. The van der Waals surface area contributed by atoms with Gasteiger partial charge in [0.2, 0.25) is 0 Å². The van der Waals surface area contributed by atoms with Crippen LogP contribution in [0.15, 0.2) is 30.3 Å². The summed E-state index contributed by atoms with van der Waals surface area (Å²) in [5, 5.41) is 7.00. The van der Waals surface area contributed by atoms with Crippen molar-refractivity contribution in [2.45, 2.75) is 44.7 Å². The molecule has 0 saturated carbocycles. The van der Waals surface area contributed by atoms with Crippen molar-refractivity contribution in [3.63, 3.8) is 0 Å². The quantitative estimate of drug-likeness (QED) is 0.325. The molecule has 0 unspecified atom stereocenters. The molecule has 0 heterocycles. The van der Waals surface area contributed by atoms with Crippen LogP contribution >= 0.6 is 12.4 Å². The van der Waals surface area contributed by atoms with E-state index in [1.807, 2.05) is 0 Å². The second kappa shape index (κ2) is 16.7. The van der Waals surface area contributed by atoms with Crippen LogP contribution in [0.3, 0.4) is 0 Å². The van der Waals surface area contributed by atoms with Crippen LogP contribution in [0, 0.1) is 0 Å². The Morgan fingerprint density at radius 2 is 1.27 bits per heavy atom. The molecule has 0 atom stereocenters. The van der Waals surface area contributed by atoms with Gasteiger partial charge in [0.05, 0.1) is 0 Å². The van der Waals surface area contributed by atoms with Crippen molar-refractivity contribution in [2.75, 3.05) is 41.0 Å². The summed E-state index contributed by atoms with van der Waals surface area (Å²) in [5.74, 6) is 0. The highest BCUT2D eigenvalue weighted by Crippen LogP contribution is 2.14. The molecule has 0 fully saturated rings. The van der Waals surface area contributed by atoms with Gasteiger partial charge in [-0.2, -0.15) is 0 Å². The van der Waals surface area contributed by atoms with Crippen LogP contribution in [0.5, 0.6) is 0 Å². The van der Waals surface area contributed by atoms with Crippen molar-refractivity contribution in [2.24, 2.45) is 0 Å². The smallest absolute Gasteiger partial charge is 0.377 e. The topological polar surface area (TPSA) is 51.8 Å². The summed E-state index contributed by atoms with van der Waals surface area (Å²) >= 11 is 0. The predicted octanol–water partition coefficient (Wildman–Crippen LogP) is 3.62. The Morgan fingerprint density at radius 1 is 0.731 bits per heavy atom. The molecule has 0 amide bonds. The summed E-state index contributed by atoms with van der Waals surface area (Å²) in [5.41, 5.74) is 1.36. The molecule has 152 valence electrons. The third kappa shape index (κ3) is 11.3. The first kappa shape index (κ1) is 25.5. The first-order valence-electron chi connectivity index (χ1n) is 9.37. The van der Waals surface area contributed by atoms with Crippen molar-refractivity contribution in [1.82, 2.24) is 10.6 Å². The van der Waals surface area contributed by atoms with Crippen molar-refractivity contribution in [3.8, 4) is 0 Å². The monoisotopic (exact) mass is 404 g/mol. The van der Waals surface area contributed by atoms with Gasteiger partial charge in [0.25, 0.3) is 0 Å². The lowest BCUT2D eigenvalue weighted by Gasteiger charge is -2.24. The van der Waals surface area contributed by atoms with E-state index in [0.717, 1.165) is 38.6 Å². The van der Waals surface area contributed by atoms with Gasteiger partial charge in [-0.05, 0) is 44.5 Å². The van der Waals surface area contributed by atoms with E-state index in [0.29, 0.717) is 0 Å². The van der Waals surface area contributed by atoms with Gasteiger partial charge >= 0.3 is 8.80 Å². The second-order valence-corrected chi connectivity index (χ2v) is 9.32. The molecular formula is C19H37ClN2O3Si. The molecule has 5 nitrogen and oxygen atoms in total. The number of halogens is 1. The molecule has 1 aromatic carbocycles. The van der Waals surface area contributed by atoms with Crippen LogP contribution in [-0.4, -0.2) is 49.8 Å². The van der Waals surface area contributed by atoms with Crippen LogP contribution in [-0.2, 0) is 19.8 Å². The summed E-state index contributed by atoms with van der Waals surface area (Å²) in [4.78, 5) is 0. The minimum absolute atomic E-state index is 0. The van der Waals surface area contributed by atoms with Crippen LogP contribution < -0.4 is 10.6 Å². The van der Waals surface area contributed by atoms with Crippen molar-refractivity contribution < 1.29 is 13.3 Å². The summed E-state index contributed by atoms with van der Waals surface area (Å²) < 4.78 is 16.3. The number of hydrogen-bond acceptors (Lipinski definition) is 5. The molecule has 1 aromatic rings. The van der Waals surface area contributed by atoms with Crippen molar-refractivity contribution in [1.29, 1.82) is 0 Å². The number of hydrogen-bond donors (Lipinski definition) is 2. The normalized spacial score (nSPS) is 11.3. The minimum Gasteiger partial charge on any atom is -0.377 e. The van der Waals surface area contributed by atoms with E-state index in [2.05, 4.69) is 41.0 Å². The van der Waals surface area contributed by atoms with Gasteiger partial charge in [0.15, 0.2) is 0 Å². The van der Waals surface area contributed by atoms with Crippen LogP contribution in [0.4, 0.5) is 0 Å². The predicted molar refractivity (Wildman–Crippen MR) is 113 cm³/mol. The highest BCUT2D eigenvalue weighted by molar-refractivity contribution is 6.60. The first-order valence-corrected chi connectivity index (χ1v) is 11.3. The molecule has 0 aliphatic rings. The van der Waals surface area contributed by atoms with Gasteiger partial charge in [0.1, 0.15) is 0 Å². The number of unbranched alkanes of at least 4 members (excludes halogenated alkanes) is 3. The number of benzene rings is 1. The van der Waals surface area contributed by atoms with E-state index in [1.54, 1.807) is 21.3 Å². The molecule has 0 aromatic heterocycles. The second-order valence-electron chi connectivity index (χ2n) is 6.23. The first-order chi connectivity index (χ1) is 12.3. The average molecular weight is 405 g/mol. The number of nitrogens with one attached hydrogen (secondary N) is 2. The van der Waals surface area contributed by atoms with E-state index < -0.39 is 8.80 Å². The largest absolute Gasteiger partial charge is 0.500 e. The van der Waals surface area contributed by atoms with Crippen LogP contribution in [0.1, 0.15) is 37.7 Å². The third-order valence-electron chi connectivity index (χ3n) is 4.40. The Bertz CT molecular complexity index is 414. The molecular weight excluding hydrogens is 368 g/mol. The molecule has 2 N–H and O–H groups in total. The van der Waals surface area contributed by atoms with E-state index in [-0.39, 0.29) is 12.4 Å². The van der Waals surface area contributed by atoms with Crippen LogP contribution in [0.2, 0.25) is 6.04 Å². The van der Waals surface area contributed by atoms with E-state index in [9.17, 15) is 0 Å². The summed E-state index contributed by atoms with van der Waals surface area (Å²) in [6, 6.07) is 11.4. The molecule has 0 aliphatic heterocycles. The third-order valence-corrected chi connectivity index (χ3v) is 7.23. The fourth-order valence-corrected chi connectivity index (χ4v) is 4.52. The Morgan fingerprint density at radius 3 is 1.85 bits per heavy atom. The van der Waals surface area contributed by atoms with Gasteiger partial charge in [-0.25, -0.2) is 0 Å². The zero-order chi connectivity index (χ0) is 18.2. The van der Waals surface area contributed by atoms with Gasteiger partial charge in [-0.3, -0.25) is 0 Å². The van der Waals surface area contributed by atoms with Crippen molar-refractivity contribution in [3.05, 3.63) is 35.9 Å². The SMILES string of the molecule is CO[Si](CCCNCCCCCCNCc1ccccc1)(OC)OC.Cl. The molecule has 7 heteroatoms. The lowest BCUT2D eigenvalue weighted by molar-refractivity contribution is 0.123. The maximum Gasteiger partial charge on any atom is 0.500 e. The fraction of sp³-hybridized carbons (Fsp3) is 0.684. The van der Waals surface area contributed by atoms with Gasteiger partial charge in [0, 0.05) is 33.9 Å². The molecule has 1 rings (SSSR count). The summed E-state index contributed by atoms with van der Waals surface area (Å²) in [7, 11) is 2.62. The Hall–Kier alpha value is -0.473. The number of rotatable bonds is 16.